The van der Waals surface area contributed by atoms with Crippen molar-refractivity contribution in [2.75, 3.05) is 6.54 Å². The quantitative estimate of drug-likeness (QED) is 0.617. The van der Waals surface area contributed by atoms with Gasteiger partial charge >= 0.3 is 15.5 Å². The second kappa shape index (κ2) is 9.15. The molecule has 0 unspecified atom stereocenters. The number of halogens is 3. The van der Waals surface area contributed by atoms with E-state index in [1.807, 2.05) is 0 Å². The molecule has 0 aliphatic carbocycles. The van der Waals surface area contributed by atoms with Gasteiger partial charge in [-0.2, -0.15) is 17.9 Å². The van der Waals surface area contributed by atoms with Crippen molar-refractivity contribution in [2.45, 2.75) is 36.5 Å². The van der Waals surface area contributed by atoms with Crippen LogP contribution in [0.5, 0.6) is 0 Å². The van der Waals surface area contributed by atoms with Crippen LogP contribution in [0.15, 0.2) is 60.7 Å². The lowest BCUT2D eigenvalue weighted by Crippen LogP contribution is -2.48. The molecule has 1 saturated heterocycles. The van der Waals surface area contributed by atoms with E-state index >= 15 is 0 Å². The van der Waals surface area contributed by atoms with E-state index in [0.29, 0.717) is 24.1 Å². The van der Waals surface area contributed by atoms with Crippen LogP contribution in [0.4, 0.5) is 13.2 Å². The molecule has 10 heteroatoms. The van der Waals surface area contributed by atoms with E-state index in [2.05, 4.69) is 10.6 Å². The summed E-state index contributed by atoms with van der Waals surface area (Å²) in [5, 5.41) is 5.79. The van der Waals surface area contributed by atoms with Crippen molar-refractivity contribution >= 4 is 15.9 Å². The second-order valence-electron chi connectivity index (χ2n) is 7.00. The lowest BCUT2D eigenvalue weighted by Gasteiger charge is -2.30. The molecule has 3 N–H and O–H groups in total. The minimum absolute atomic E-state index is 0.291. The average Bonchev–Trinajstić information content (AvgIpc) is 3.26. The van der Waals surface area contributed by atoms with Crippen molar-refractivity contribution in [1.82, 2.24) is 15.4 Å². The fourth-order valence-electron chi connectivity index (χ4n) is 3.40. The lowest BCUT2D eigenvalue weighted by atomic mass is 9.93. The summed E-state index contributed by atoms with van der Waals surface area (Å²) in [6, 6.07) is 13.3. The topological polar surface area (TPSA) is 87.3 Å². The maximum atomic E-state index is 13.1. The van der Waals surface area contributed by atoms with E-state index in [4.69, 9.17) is 0 Å². The Morgan fingerprint density at radius 3 is 1.97 bits per heavy atom. The van der Waals surface area contributed by atoms with Crippen molar-refractivity contribution in [3.63, 3.8) is 0 Å². The zero-order valence-electron chi connectivity index (χ0n) is 15.9. The number of nitrogens with one attached hydrogen (secondary N) is 3. The number of hydrogen-bond acceptors (Lipinski definition) is 4. The third-order valence-corrected chi connectivity index (χ3v) is 6.09. The maximum absolute atomic E-state index is 13.1. The molecule has 1 aliphatic heterocycles. The minimum Gasteiger partial charge on any atom is -0.346 e. The number of rotatable bonds is 7. The first kappa shape index (κ1) is 22.3. The van der Waals surface area contributed by atoms with Crippen molar-refractivity contribution in [3.8, 4) is 0 Å². The third-order valence-electron chi connectivity index (χ3n) is 4.91. The molecule has 6 nitrogen and oxygen atoms in total. The SMILES string of the molecule is O=C(N[C@@H](c1ccccc1)[C@@H](NS(=O)(=O)C(F)(F)F)c1ccccc1)[C@@H]1CCCN1. The highest BCUT2D eigenvalue weighted by Crippen LogP contribution is 2.33. The summed E-state index contributed by atoms with van der Waals surface area (Å²) in [4.78, 5) is 12.8. The van der Waals surface area contributed by atoms with E-state index in [0.717, 1.165) is 6.42 Å². The highest BCUT2D eigenvalue weighted by atomic mass is 32.2. The predicted molar refractivity (Wildman–Crippen MR) is 106 cm³/mol. The highest BCUT2D eigenvalue weighted by molar-refractivity contribution is 7.90. The van der Waals surface area contributed by atoms with E-state index < -0.39 is 39.6 Å². The van der Waals surface area contributed by atoms with Crippen LogP contribution < -0.4 is 15.4 Å². The third kappa shape index (κ3) is 5.18. The molecule has 1 heterocycles. The van der Waals surface area contributed by atoms with Crippen LogP contribution in [0.3, 0.4) is 0 Å². The van der Waals surface area contributed by atoms with Crippen LogP contribution in [0.1, 0.15) is 36.1 Å². The zero-order chi connectivity index (χ0) is 21.8. The Kier molecular flexibility index (Phi) is 6.79. The predicted octanol–water partition coefficient (Wildman–Crippen LogP) is 2.78. The van der Waals surface area contributed by atoms with Gasteiger partial charge in [0, 0.05) is 0 Å². The first-order valence-corrected chi connectivity index (χ1v) is 10.9. The number of carbonyl (C=O) groups excluding carboxylic acids is 1. The van der Waals surface area contributed by atoms with Crippen molar-refractivity contribution in [1.29, 1.82) is 0 Å². The summed E-state index contributed by atoms with van der Waals surface area (Å²) in [5.74, 6) is -0.395. The van der Waals surface area contributed by atoms with Gasteiger partial charge in [-0.3, -0.25) is 4.79 Å². The van der Waals surface area contributed by atoms with Gasteiger partial charge in [0.05, 0.1) is 18.1 Å². The molecule has 0 radical (unpaired) electrons. The van der Waals surface area contributed by atoms with E-state index in [1.54, 1.807) is 53.3 Å². The summed E-state index contributed by atoms with van der Waals surface area (Å²) >= 11 is 0. The summed E-state index contributed by atoms with van der Waals surface area (Å²) in [7, 11) is -5.67. The minimum atomic E-state index is -5.67. The Hall–Kier alpha value is -2.43. The van der Waals surface area contributed by atoms with Gasteiger partial charge in [0.2, 0.25) is 5.91 Å². The van der Waals surface area contributed by atoms with Crippen LogP contribution in [0.25, 0.3) is 0 Å². The molecule has 0 bridgehead atoms. The van der Waals surface area contributed by atoms with Gasteiger partial charge in [0.25, 0.3) is 0 Å². The van der Waals surface area contributed by atoms with Gasteiger partial charge < -0.3 is 10.6 Å². The maximum Gasteiger partial charge on any atom is 0.511 e. The summed E-state index contributed by atoms with van der Waals surface area (Å²) in [6.07, 6.45) is 1.40. The van der Waals surface area contributed by atoms with E-state index in [1.165, 1.54) is 12.1 Å². The fourth-order valence-corrected chi connectivity index (χ4v) is 4.14. The zero-order valence-corrected chi connectivity index (χ0v) is 16.7. The molecule has 1 fully saturated rings. The molecule has 0 spiro atoms. The van der Waals surface area contributed by atoms with Crippen molar-refractivity contribution in [2.24, 2.45) is 0 Å². The molecule has 1 aliphatic rings. The molecule has 3 rings (SSSR count). The first-order valence-electron chi connectivity index (χ1n) is 9.41. The van der Waals surface area contributed by atoms with Crippen LogP contribution >= 0.6 is 0 Å². The number of carbonyl (C=O) groups is 1. The number of sulfonamides is 1. The van der Waals surface area contributed by atoms with Crippen LogP contribution in [-0.2, 0) is 14.8 Å². The van der Waals surface area contributed by atoms with Gasteiger partial charge in [0.15, 0.2) is 0 Å². The number of hydrogen-bond donors (Lipinski definition) is 3. The Bertz CT molecular complexity index is 948. The Labute approximate surface area is 172 Å². The standard InChI is InChI=1S/C20H22F3N3O3S/c21-20(22,23)30(28,29)26-18(15-10-5-2-6-11-15)17(14-8-3-1-4-9-14)25-19(27)16-12-7-13-24-16/h1-6,8-11,16-18,24,26H,7,12-13H2,(H,25,27)/t16-,17-,18-/m0/s1. The van der Waals surface area contributed by atoms with Gasteiger partial charge in [-0.1, -0.05) is 60.7 Å². The van der Waals surface area contributed by atoms with Crippen LogP contribution in [0, 0.1) is 0 Å². The molecule has 3 atom stereocenters. The number of benzene rings is 2. The second-order valence-corrected chi connectivity index (χ2v) is 8.71. The average molecular weight is 441 g/mol. The van der Waals surface area contributed by atoms with Gasteiger partial charge in [-0.05, 0) is 30.5 Å². The van der Waals surface area contributed by atoms with Crippen molar-refractivity contribution < 1.29 is 26.4 Å². The summed E-state index contributed by atoms with van der Waals surface area (Å²) in [6.45, 7) is 0.664. The number of amides is 1. The molecule has 2 aromatic rings. The normalized spacial score (nSPS) is 19.2. The Balaban J connectivity index is 2.02. The Morgan fingerprint density at radius 1 is 0.967 bits per heavy atom. The summed E-state index contributed by atoms with van der Waals surface area (Å²) < 4.78 is 65.1. The largest absolute Gasteiger partial charge is 0.511 e. The van der Waals surface area contributed by atoms with E-state index in [-0.39, 0.29) is 0 Å². The molecule has 0 aromatic heterocycles. The molecule has 1 amide bonds. The van der Waals surface area contributed by atoms with Crippen LogP contribution in [-0.4, -0.2) is 32.4 Å². The molecular weight excluding hydrogens is 419 g/mol. The highest BCUT2D eigenvalue weighted by Gasteiger charge is 2.48. The fraction of sp³-hybridized carbons (Fsp3) is 0.350. The Morgan fingerprint density at radius 2 is 1.50 bits per heavy atom. The van der Waals surface area contributed by atoms with E-state index in [9.17, 15) is 26.4 Å². The molecule has 0 saturated carbocycles. The lowest BCUT2D eigenvalue weighted by molar-refractivity contribution is -0.123. The number of alkyl halides is 3. The molecule has 162 valence electrons. The summed E-state index contributed by atoms with van der Waals surface area (Å²) in [5.41, 5.74) is -4.72. The van der Waals surface area contributed by atoms with Gasteiger partial charge in [0.1, 0.15) is 0 Å². The molecule has 30 heavy (non-hydrogen) atoms. The monoisotopic (exact) mass is 441 g/mol. The van der Waals surface area contributed by atoms with Gasteiger partial charge in [-0.25, -0.2) is 8.42 Å². The van der Waals surface area contributed by atoms with Crippen LogP contribution in [0.2, 0.25) is 0 Å². The van der Waals surface area contributed by atoms with Crippen molar-refractivity contribution in [3.05, 3.63) is 71.8 Å². The molecule has 2 aromatic carbocycles. The smallest absolute Gasteiger partial charge is 0.346 e. The molecular formula is C20H22F3N3O3S. The van der Waals surface area contributed by atoms with Gasteiger partial charge in [-0.15, -0.1) is 0 Å². The first-order chi connectivity index (χ1) is 14.2.